The number of nitrogens with zero attached hydrogens (tertiary/aromatic N) is 4. The molecule has 7 nitrogen and oxygen atoms in total. The molecule has 1 aliphatic rings. The largest absolute Gasteiger partial charge is 0.268 e. The zero-order valence-electron chi connectivity index (χ0n) is 12.2. The van der Waals surface area contributed by atoms with Gasteiger partial charge in [-0.3, -0.25) is 14.7 Å². The third kappa shape index (κ3) is 1.58. The summed E-state index contributed by atoms with van der Waals surface area (Å²) in [4.78, 5) is 35.2. The summed E-state index contributed by atoms with van der Waals surface area (Å²) in [7, 11) is 0. The van der Waals surface area contributed by atoms with Crippen LogP contribution in [0.15, 0.2) is 48.5 Å². The molecule has 2 amide bonds. The highest BCUT2D eigenvalue weighted by Crippen LogP contribution is 2.31. The van der Waals surface area contributed by atoms with E-state index >= 15 is 0 Å². The maximum Gasteiger partial charge on any atom is 0.267 e. The van der Waals surface area contributed by atoms with Crippen molar-refractivity contribution >= 4 is 39.8 Å². The monoisotopic (exact) mass is 315 g/mol. The second-order valence-corrected chi connectivity index (χ2v) is 5.45. The van der Waals surface area contributed by atoms with Crippen LogP contribution in [0.25, 0.3) is 22.2 Å². The molecule has 0 aliphatic carbocycles. The van der Waals surface area contributed by atoms with Crippen molar-refractivity contribution in [3.05, 3.63) is 59.7 Å². The van der Waals surface area contributed by atoms with E-state index in [2.05, 4.69) is 20.2 Å². The number of aromatic amines is 1. The Kier molecular flexibility index (Phi) is 2.39. The van der Waals surface area contributed by atoms with Crippen molar-refractivity contribution in [3.63, 3.8) is 0 Å². The standard InChI is InChI=1S/C17H9N5O2/c23-16-9-5-1-2-6-10(9)17(24)22(16)15-13-14(20-21-15)19-12-8-4-3-7-11(12)18-13/h1-8H,(H,19,20,21). The van der Waals surface area contributed by atoms with Gasteiger partial charge in [0.25, 0.3) is 11.8 Å². The van der Waals surface area contributed by atoms with E-state index < -0.39 is 11.8 Å². The zero-order chi connectivity index (χ0) is 16.3. The number of fused-ring (bicyclic) bond motifs is 3. The number of anilines is 1. The number of aromatic nitrogens is 4. The summed E-state index contributed by atoms with van der Waals surface area (Å²) in [6.07, 6.45) is 0. The second kappa shape index (κ2) is 4.45. The normalized spacial score (nSPS) is 13.9. The minimum atomic E-state index is -0.404. The summed E-state index contributed by atoms with van der Waals surface area (Å²) in [5.41, 5.74) is 2.94. The molecule has 2 aromatic carbocycles. The van der Waals surface area contributed by atoms with Gasteiger partial charge in [0.2, 0.25) is 0 Å². The first-order valence-corrected chi connectivity index (χ1v) is 7.33. The van der Waals surface area contributed by atoms with E-state index in [1.807, 2.05) is 24.3 Å². The topological polar surface area (TPSA) is 91.8 Å². The number of nitrogens with one attached hydrogen (secondary N) is 1. The number of amides is 2. The predicted octanol–water partition coefficient (Wildman–Crippen LogP) is 2.31. The summed E-state index contributed by atoms with van der Waals surface area (Å²) >= 11 is 0. The second-order valence-electron chi connectivity index (χ2n) is 5.45. The van der Waals surface area contributed by atoms with Crippen molar-refractivity contribution in [1.29, 1.82) is 0 Å². The van der Waals surface area contributed by atoms with E-state index in [0.29, 0.717) is 33.3 Å². The van der Waals surface area contributed by atoms with Gasteiger partial charge < -0.3 is 0 Å². The van der Waals surface area contributed by atoms with E-state index in [1.54, 1.807) is 24.3 Å². The Morgan fingerprint density at radius 1 is 0.792 bits per heavy atom. The van der Waals surface area contributed by atoms with Crippen LogP contribution >= 0.6 is 0 Å². The Morgan fingerprint density at radius 2 is 1.38 bits per heavy atom. The Hall–Kier alpha value is -3.61. The maximum absolute atomic E-state index is 12.6. The van der Waals surface area contributed by atoms with Crippen molar-refractivity contribution in [2.24, 2.45) is 0 Å². The van der Waals surface area contributed by atoms with Gasteiger partial charge >= 0.3 is 0 Å². The quantitative estimate of drug-likeness (QED) is 0.544. The number of hydrogen-bond donors (Lipinski definition) is 1. The smallest absolute Gasteiger partial charge is 0.267 e. The lowest BCUT2D eigenvalue weighted by Gasteiger charge is -2.10. The van der Waals surface area contributed by atoms with Crippen LogP contribution in [0.2, 0.25) is 0 Å². The van der Waals surface area contributed by atoms with Gasteiger partial charge in [-0.2, -0.15) is 5.10 Å². The highest BCUT2D eigenvalue weighted by atomic mass is 16.2. The van der Waals surface area contributed by atoms with Crippen molar-refractivity contribution in [3.8, 4) is 0 Å². The lowest BCUT2D eigenvalue weighted by Crippen LogP contribution is -2.30. The van der Waals surface area contributed by atoms with Crippen molar-refractivity contribution in [2.75, 3.05) is 4.90 Å². The van der Waals surface area contributed by atoms with Crippen LogP contribution in [0.5, 0.6) is 0 Å². The molecule has 0 saturated carbocycles. The van der Waals surface area contributed by atoms with Crippen LogP contribution in [0.1, 0.15) is 20.7 Å². The molecule has 3 heterocycles. The summed E-state index contributed by atoms with van der Waals surface area (Å²) in [5.74, 6) is -0.632. The van der Waals surface area contributed by atoms with E-state index in [0.717, 1.165) is 4.90 Å². The molecule has 5 rings (SSSR count). The molecule has 0 unspecified atom stereocenters. The van der Waals surface area contributed by atoms with Crippen molar-refractivity contribution in [2.45, 2.75) is 0 Å². The summed E-state index contributed by atoms with van der Waals surface area (Å²) in [5, 5.41) is 6.87. The van der Waals surface area contributed by atoms with Gasteiger partial charge in [0.05, 0.1) is 22.2 Å². The number of hydrogen-bond acceptors (Lipinski definition) is 5. The number of carbonyl (C=O) groups is 2. The molecule has 114 valence electrons. The first-order valence-electron chi connectivity index (χ1n) is 7.33. The van der Waals surface area contributed by atoms with E-state index in [9.17, 15) is 9.59 Å². The van der Waals surface area contributed by atoms with Crippen LogP contribution in [-0.4, -0.2) is 32.0 Å². The molecule has 0 spiro atoms. The molecule has 0 atom stereocenters. The number of imide groups is 1. The predicted molar refractivity (Wildman–Crippen MR) is 86.8 cm³/mol. The molecular formula is C17H9N5O2. The first-order chi connectivity index (χ1) is 11.7. The minimum Gasteiger partial charge on any atom is -0.268 e. The molecule has 0 radical (unpaired) electrons. The number of benzene rings is 2. The highest BCUT2D eigenvalue weighted by molar-refractivity contribution is 6.35. The first kappa shape index (κ1) is 12.9. The maximum atomic E-state index is 12.6. The number of carbonyl (C=O) groups excluding carboxylic acids is 2. The molecule has 1 N–H and O–H groups in total. The fourth-order valence-electron chi connectivity index (χ4n) is 2.93. The van der Waals surface area contributed by atoms with E-state index in [4.69, 9.17) is 0 Å². The Labute approximate surface area is 134 Å². The summed E-state index contributed by atoms with van der Waals surface area (Å²) in [6.45, 7) is 0. The Bertz CT molecular complexity index is 1130. The Balaban J connectivity index is 1.74. The van der Waals surface area contributed by atoms with Gasteiger partial charge in [-0.25, -0.2) is 14.9 Å². The lowest BCUT2D eigenvalue weighted by atomic mass is 10.1. The van der Waals surface area contributed by atoms with Gasteiger partial charge in [0.15, 0.2) is 17.0 Å². The van der Waals surface area contributed by atoms with Gasteiger partial charge in [0.1, 0.15) is 0 Å². The number of H-pyrrole nitrogens is 1. The molecule has 2 aromatic heterocycles. The SMILES string of the molecule is O=C1c2ccccc2C(=O)N1c1n[nH]c2nc3ccccc3nc12. The van der Waals surface area contributed by atoms with Crippen LogP contribution in [-0.2, 0) is 0 Å². The van der Waals surface area contributed by atoms with Gasteiger partial charge in [-0.05, 0) is 24.3 Å². The van der Waals surface area contributed by atoms with Crippen molar-refractivity contribution in [1.82, 2.24) is 20.2 Å². The fourth-order valence-corrected chi connectivity index (χ4v) is 2.93. The number of rotatable bonds is 1. The molecule has 0 saturated heterocycles. The molecular weight excluding hydrogens is 306 g/mol. The lowest BCUT2D eigenvalue weighted by molar-refractivity contribution is 0.0925. The summed E-state index contributed by atoms with van der Waals surface area (Å²) in [6, 6.07) is 14.1. The van der Waals surface area contributed by atoms with Crippen LogP contribution in [0.3, 0.4) is 0 Å². The zero-order valence-corrected chi connectivity index (χ0v) is 12.2. The Morgan fingerprint density at radius 3 is 2.04 bits per heavy atom. The summed E-state index contributed by atoms with van der Waals surface area (Å²) < 4.78 is 0. The molecule has 7 heteroatoms. The van der Waals surface area contributed by atoms with Gasteiger partial charge in [0, 0.05) is 0 Å². The molecule has 0 bridgehead atoms. The van der Waals surface area contributed by atoms with Crippen LogP contribution < -0.4 is 4.90 Å². The van der Waals surface area contributed by atoms with Gasteiger partial charge in [-0.1, -0.05) is 24.3 Å². The average Bonchev–Trinajstić information content (AvgIpc) is 3.12. The molecule has 4 aromatic rings. The third-order valence-corrected chi connectivity index (χ3v) is 4.06. The fraction of sp³-hybridized carbons (Fsp3) is 0. The minimum absolute atomic E-state index is 0.175. The van der Waals surface area contributed by atoms with E-state index in [-0.39, 0.29) is 5.82 Å². The van der Waals surface area contributed by atoms with Crippen LogP contribution in [0, 0.1) is 0 Å². The number of para-hydroxylation sites is 2. The van der Waals surface area contributed by atoms with E-state index in [1.165, 1.54) is 0 Å². The highest BCUT2D eigenvalue weighted by Gasteiger charge is 2.39. The third-order valence-electron chi connectivity index (χ3n) is 4.06. The molecule has 1 aliphatic heterocycles. The van der Waals surface area contributed by atoms with Crippen molar-refractivity contribution < 1.29 is 9.59 Å². The van der Waals surface area contributed by atoms with Crippen LogP contribution in [0.4, 0.5) is 5.82 Å². The molecule has 0 fully saturated rings. The average molecular weight is 315 g/mol. The molecule has 24 heavy (non-hydrogen) atoms. The van der Waals surface area contributed by atoms with Gasteiger partial charge in [-0.15, -0.1) is 0 Å².